The predicted molar refractivity (Wildman–Crippen MR) is 123 cm³/mol. The topological polar surface area (TPSA) is 58.9 Å². The average molecular weight is 474 g/mol. The molecule has 1 unspecified atom stereocenters. The summed E-state index contributed by atoms with van der Waals surface area (Å²) in [5.41, 5.74) is 2.44. The van der Waals surface area contributed by atoms with Gasteiger partial charge < -0.3 is 4.74 Å². The van der Waals surface area contributed by atoms with E-state index >= 15 is 0 Å². The van der Waals surface area contributed by atoms with Gasteiger partial charge in [-0.15, -0.1) is 0 Å². The molecule has 174 valence electrons. The lowest BCUT2D eigenvalue weighted by Gasteiger charge is -2.34. The minimum atomic E-state index is -0.885. The number of piperazine rings is 1. The van der Waals surface area contributed by atoms with Gasteiger partial charge in [0.2, 0.25) is 0 Å². The monoisotopic (exact) mass is 473 g/mol. The Hall–Kier alpha value is -2.72. The zero-order valence-corrected chi connectivity index (χ0v) is 18.8. The van der Waals surface area contributed by atoms with Crippen molar-refractivity contribution in [1.29, 1.82) is 0 Å². The fraction of sp³-hybridized carbons (Fsp3) is 0.333. The van der Waals surface area contributed by atoms with Crippen LogP contribution in [0.15, 0.2) is 60.0 Å². The van der Waals surface area contributed by atoms with Crippen molar-refractivity contribution >= 4 is 16.3 Å². The summed E-state index contributed by atoms with van der Waals surface area (Å²) in [4.78, 5) is 15.1. The number of nitro groups is 1. The van der Waals surface area contributed by atoms with E-state index in [4.69, 9.17) is 4.74 Å². The van der Waals surface area contributed by atoms with Crippen molar-refractivity contribution in [2.75, 3.05) is 39.3 Å². The van der Waals surface area contributed by atoms with E-state index in [2.05, 4.69) is 9.80 Å². The molecule has 0 bridgehead atoms. The van der Waals surface area contributed by atoms with Crippen molar-refractivity contribution < 1.29 is 18.4 Å². The van der Waals surface area contributed by atoms with E-state index in [1.807, 2.05) is 35.7 Å². The van der Waals surface area contributed by atoms with Crippen molar-refractivity contribution in [2.45, 2.75) is 12.6 Å². The SMILES string of the molecule is O=[N+]([O-])c1cc(CN2CCN(CCOC(c3ccccc3)c3ccc(F)c(F)c3)CC2)cs1. The molecule has 1 saturated heterocycles. The van der Waals surface area contributed by atoms with E-state index < -0.39 is 17.7 Å². The number of ether oxygens (including phenoxy) is 1. The largest absolute Gasteiger partial charge is 0.367 e. The fourth-order valence-electron chi connectivity index (χ4n) is 3.96. The van der Waals surface area contributed by atoms with E-state index in [9.17, 15) is 18.9 Å². The third-order valence-corrected chi connectivity index (χ3v) is 6.66. The van der Waals surface area contributed by atoms with Gasteiger partial charge in [0.1, 0.15) is 6.10 Å². The first-order valence-corrected chi connectivity index (χ1v) is 11.7. The molecule has 1 aliphatic rings. The van der Waals surface area contributed by atoms with Crippen LogP contribution in [-0.2, 0) is 11.3 Å². The first kappa shape index (κ1) is 23.4. The summed E-state index contributed by atoms with van der Waals surface area (Å²) in [6.07, 6.45) is -0.475. The van der Waals surface area contributed by atoms with Gasteiger partial charge >= 0.3 is 5.00 Å². The molecular weight excluding hydrogens is 448 g/mol. The first-order valence-electron chi connectivity index (χ1n) is 10.8. The number of nitrogens with zero attached hydrogens (tertiary/aromatic N) is 3. The Kier molecular flexibility index (Phi) is 7.77. The van der Waals surface area contributed by atoms with Crippen molar-refractivity contribution in [2.24, 2.45) is 0 Å². The van der Waals surface area contributed by atoms with Crippen LogP contribution >= 0.6 is 11.3 Å². The van der Waals surface area contributed by atoms with Crippen LogP contribution < -0.4 is 0 Å². The van der Waals surface area contributed by atoms with E-state index in [1.165, 1.54) is 6.07 Å². The van der Waals surface area contributed by atoms with E-state index in [0.717, 1.165) is 61.3 Å². The molecule has 6 nitrogen and oxygen atoms in total. The summed E-state index contributed by atoms with van der Waals surface area (Å²) >= 11 is 1.16. The van der Waals surface area contributed by atoms with Crippen LogP contribution in [-0.4, -0.2) is 54.1 Å². The summed E-state index contributed by atoms with van der Waals surface area (Å²) in [6.45, 7) is 5.37. The Morgan fingerprint density at radius 2 is 1.70 bits per heavy atom. The van der Waals surface area contributed by atoms with Crippen molar-refractivity contribution in [3.63, 3.8) is 0 Å². The summed E-state index contributed by atoms with van der Waals surface area (Å²) < 4.78 is 33.4. The molecule has 0 saturated carbocycles. The summed E-state index contributed by atoms with van der Waals surface area (Å²) in [6, 6.07) is 15.1. The minimum Gasteiger partial charge on any atom is -0.367 e. The molecule has 33 heavy (non-hydrogen) atoms. The highest BCUT2D eigenvalue weighted by Gasteiger charge is 2.20. The summed E-state index contributed by atoms with van der Waals surface area (Å²) in [5, 5.41) is 12.9. The molecule has 0 amide bonds. The molecule has 4 rings (SSSR count). The molecule has 0 aliphatic carbocycles. The van der Waals surface area contributed by atoms with Crippen LogP contribution in [0.3, 0.4) is 0 Å². The normalized spacial score (nSPS) is 16.1. The second kappa shape index (κ2) is 10.9. The molecule has 9 heteroatoms. The molecule has 0 spiro atoms. The lowest BCUT2D eigenvalue weighted by molar-refractivity contribution is -0.380. The number of halogens is 2. The molecular formula is C24H25F2N3O3S. The molecule has 1 fully saturated rings. The molecule has 0 radical (unpaired) electrons. The highest BCUT2D eigenvalue weighted by molar-refractivity contribution is 7.13. The maximum atomic E-state index is 13.8. The Bertz CT molecular complexity index is 1070. The number of thiophene rings is 1. The van der Waals surface area contributed by atoms with Gasteiger partial charge in [-0.2, -0.15) is 0 Å². The molecule has 2 aromatic carbocycles. The molecule has 0 N–H and O–H groups in total. The predicted octanol–water partition coefficient (Wildman–Crippen LogP) is 4.86. The van der Waals surface area contributed by atoms with Gasteiger partial charge in [0, 0.05) is 50.7 Å². The van der Waals surface area contributed by atoms with Crippen molar-refractivity contribution in [1.82, 2.24) is 9.80 Å². The van der Waals surface area contributed by atoms with E-state index in [-0.39, 0.29) is 9.92 Å². The molecule has 1 atom stereocenters. The summed E-state index contributed by atoms with van der Waals surface area (Å²) in [5.74, 6) is -1.76. The second-order valence-electron chi connectivity index (χ2n) is 8.00. The van der Waals surface area contributed by atoms with Gasteiger partial charge in [0.25, 0.3) is 0 Å². The van der Waals surface area contributed by atoms with Gasteiger partial charge in [-0.3, -0.25) is 19.9 Å². The first-order chi connectivity index (χ1) is 16.0. The van der Waals surface area contributed by atoms with Crippen LogP contribution in [0.5, 0.6) is 0 Å². The number of hydrogen-bond acceptors (Lipinski definition) is 6. The third kappa shape index (κ3) is 6.20. The van der Waals surface area contributed by atoms with Gasteiger partial charge in [0.05, 0.1) is 11.5 Å². The Morgan fingerprint density at radius 1 is 0.970 bits per heavy atom. The minimum absolute atomic E-state index is 0.176. The van der Waals surface area contributed by atoms with Gasteiger partial charge in [-0.1, -0.05) is 47.7 Å². The van der Waals surface area contributed by atoms with Gasteiger partial charge in [0.15, 0.2) is 11.6 Å². The lowest BCUT2D eigenvalue weighted by atomic mass is 10.0. The highest BCUT2D eigenvalue weighted by Crippen LogP contribution is 2.27. The quantitative estimate of drug-likeness (QED) is 0.328. The molecule has 3 aromatic rings. The molecule has 1 aromatic heterocycles. The van der Waals surface area contributed by atoms with Gasteiger partial charge in [-0.05, 0) is 28.8 Å². The number of rotatable bonds is 9. The third-order valence-electron chi connectivity index (χ3n) is 5.73. The Balaban J connectivity index is 1.29. The standard InChI is InChI=1S/C24H25F2N3O3S/c25-21-7-6-20(15-22(21)26)24(19-4-2-1-3-5-19)32-13-12-27-8-10-28(11-9-27)16-18-14-23(29(30)31)33-17-18/h1-7,14-15,17,24H,8-13,16H2. The Labute approximate surface area is 195 Å². The summed E-state index contributed by atoms with van der Waals surface area (Å²) in [7, 11) is 0. The second-order valence-corrected chi connectivity index (χ2v) is 8.89. The highest BCUT2D eigenvalue weighted by atomic mass is 32.1. The zero-order chi connectivity index (χ0) is 23.2. The average Bonchev–Trinajstić information content (AvgIpc) is 3.29. The number of hydrogen-bond donors (Lipinski definition) is 0. The number of benzene rings is 2. The zero-order valence-electron chi connectivity index (χ0n) is 18.0. The molecule has 1 aliphatic heterocycles. The van der Waals surface area contributed by atoms with Crippen molar-refractivity contribution in [3.8, 4) is 0 Å². The fourth-order valence-corrected chi connectivity index (χ4v) is 4.68. The molecule has 2 heterocycles. The smallest absolute Gasteiger partial charge is 0.324 e. The van der Waals surface area contributed by atoms with Gasteiger partial charge in [-0.25, -0.2) is 8.78 Å². The van der Waals surface area contributed by atoms with Crippen LogP contribution in [0.2, 0.25) is 0 Å². The van der Waals surface area contributed by atoms with Crippen LogP contribution in [0.25, 0.3) is 0 Å². The van der Waals surface area contributed by atoms with E-state index in [1.54, 1.807) is 12.1 Å². The van der Waals surface area contributed by atoms with Crippen LogP contribution in [0.4, 0.5) is 13.8 Å². The van der Waals surface area contributed by atoms with Crippen LogP contribution in [0, 0.1) is 21.7 Å². The van der Waals surface area contributed by atoms with E-state index in [0.29, 0.717) is 18.7 Å². The van der Waals surface area contributed by atoms with Crippen molar-refractivity contribution in [3.05, 3.63) is 98.4 Å². The maximum absolute atomic E-state index is 13.8. The maximum Gasteiger partial charge on any atom is 0.324 e. The Morgan fingerprint density at radius 3 is 2.36 bits per heavy atom. The van der Waals surface area contributed by atoms with Crippen LogP contribution in [0.1, 0.15) is 22.8 Å². The lowest BCUT2D eigenvalue weighted by Crippen LogP contribution is -2.46.